The van der Waals surface area contributed by atoms with Crippen LogP contribution in [0.3, 0.4) is 0 Å². The van der Waals surface area contributed by atoms with E-state index in [1.165, 1.54) is 18.4 Å². The van der Waals surface area contributed by atoms with E-state index in [0.29, 0.717) is 6.04 Å². The molecule has 1 fully saturated rings. The third-order valence-corrected chi connectivity index (χ3v) is 4.16. The van der Waals surface area contributed by atoms with Gasteiger partial charge in [0.05, 0.1) is 6.61 Å². The van der Waals surface area contributed by atoms with Crippen LogP contribution in [-0.2, 0) is 11.3 Å². The van der Waals surface area contributed by atoms with Gasteiger partial charge < -0.3 is 19.9 Å². The number of pyridine rings is 1. The van der Waals surface area contributed by atoms with Crippen LogP contribution in [0, 0.1) is 0 Å². The lowest BCUT2D eigenvalue weighted by molar-refractivity contribution is 0.199. The van der Waals surface area contributed by atoms with E-state index < -0.39 is 0 Å². The van der Waals surface area contributed by atoms with Crippen molar-refractivity contribution in [1.29, 1.82) is 0 Å². The van der Waals surface area contributed by atoms with Gasteiger partial charge in [-0.1, -0.05) is 6.07 Å². The molecule has 21 heavy (non-hydrogen) atoms. The van der Waals surface area contributed by atoms with Crippen molar-refractivity contribution in [2.24, 2.45) is 0 Å². The number of aromatic nitrogens is 1. The number of anilines is 1. The quantitative estimate of drug-likeness (QED) is 0.768. The van der Waals surface area contributed by atoms with Crippen LogP contribution in [0.2, 0.25) is 0 Å². The van der Waals surface area contributed by atoms with E-state index in [1.807, 2.05) is 12.3 Å². The molecule has 1 saturated heterocycles. The zero-order chi connectivity index (χ0) is 15.1. The number of methoxy groups -OCH3 is 1. The Balaban J connectivity index is 1.93. The fourth-order valence-electron chi connectivity index (χ4n) is 2.84. The molecule has 1 aromatic rings. The topological polar surface area (TPSA) is 40.6 Å². The normalized spacial score (nSPS) is 16.7. The third kappa shape index (κ3) is 4.66. The highest BCUT2D eigenvalue weighted by molar-refractivity contribution is 5.47. The molecule has 0 unspecified atom stereocenters. The number of rotatable bonds is 7. The molecule has 1 aliphatic heterocycles. The predicted molar refractivity (Wildman–Crippen MR) is 86.7 cm³/mol. The lowest BCUT2D eigenvalue weighted by Gasteiger charge is -2.36. The molecule has 118 valence electrons. The molecule has 0 aliphatic carbocycles. The number of nitrogens with one attached hydrogen (secondary N) is 1. The molecule has 0 amide bonds. The van der Waals surface area contributed by atoms with E-state index >= 15 is 0 Å². The Morgan fingerprint density at radius 2 is 2.14 bits per heavy atom. The van der Waals surface area contributed by atoms with Gasteiger partial charge >= 0.3 is 0 Å². The smallest absolute Gasteiger partial charge is 0.133 e. The summed E-state index contributed by atoms with van der Waals surface area (Å²) in [5, 5.41) is 3.41. The van der Waals surface area contributed by atoms with Crippen molar-refractivity contribution in [3.63, 3.8) is 0 Å². The summed E-state index contributed by atoms with van der Waals surface area (Å²) in [5.74, 6) is 1.14. The standard InChI is InChI=1S/C16H28N4O/c1-19(2)15-6-10-20(11-7-15)16-14(5-4-8-18-16)13-17-9-12-21-3/h4-5,8,15,17H,6-7,9-13H2,1-3H3. The molecule has 1 aliphatic rings. The molecule has 5 heteroatoms. The summed E-state index contributed by atoms with van der Waals surface area (Å²) in [5.41, 5.74) is 1.27. The molecular weight excluding hydrogens is 264 g/mol. The zero-order valence-electron chi connectivity index (χ0n) is 13.5. The van der Waals surface area contributed by atoms with E-state index in [-0.39, 0.29) is 0 Å². The Labute approximate surface area is 128 Å². The molecule has 2 rings (SSSR count). The van der Waals surface area contributed by atoms with E-state index in [9.17, 15) is 0 Å². The van der Waals surface area contributed by atoms with Crippen LogP contribution < -0.4 is 10.2 Å². The van der Waals surface area contributed by atoms with Gasteiger partial charge in [-0.15, -0.1) is 0 Å². The van der Waals surface area contributed by atoms with Gasteiger partial charge in [0.2, 0.25) is 0 Å². The maximum atomic E-state index is 5.07. The minimum absolute atomic E-state index is 0.702. The van der Waals surface area contributed by atoms with Crippen molar-refractivity contribution in [3.05, 3.63) is 23.9 Å². The first kappa shape index (κ1) is 16.2. The van der Waals surface area contributed by atoms with Crippen molar-refractivity contribution in [3.8, 4) is 0 Å². The van der Waals surface area contributed by atoms with E-state index in [2.05, 4.69) is 40.3 Å². The first-order chi connectivity index (χ1) is 10.2. The second-order valence-electron chi connectivity index (χ2n) is 5.84. The van der Waals surface area contributed by atoms with Crippen LogP contribution in [-0.4, -0.2) is 63.4 Å². The Hall–Kier alpha value is -1.17. The van der Waals surface area contributed by atoms with E-state index in [4.69, 9.17) is 4.74 Å². The molecule has 0 saturated carbocycles. The molecule has 1 N–H and O–H groups in total. The van der Waals surface area contributed by atoms with Crippen LogP contribution in [0.5, 0.6) is 0 Å². The number of hydrogen-bond acceptors (Lipinski definition) is 5. The van der Waals surface area contributed by atoms with Gasteiger partial charge in [-0.05, 0) is 33.0 Å². The number of nitrogens with zero attached hydrogens (tertiary/aromatic N) is 3. The fourth-order valence-corrected chi connectivity index (χ4v) is 2.84. The first-order valence-corrected chi connectivity index (χ1v) is 7.77. The molecule has 5 nitrogen and oxygen atoms in total. The second-order valence-corrected chi connectivity index (χ2v) is 5.84. The monoisotopic (exact) mass is 292 g/mol. The van der Waals surface area contributed by atoms with Gasteiger partial charge in [-0.3, -0.25) is 0 Å². The van der Waals surface area contributed by atoms with Crippen LogP contribution in [0.4, 0.5) is 5.82 Å². The number of piperidine rings is 1. The summed E-state index contributed by atoms with van der Waals surface area (Å²) in [7, 11) is 6.07. The Morgan fingerprint density at radius 1 is 1.38 bits per heavy atom. The third-order valence-electron chi connectivity index (χ3n) is 4.16. The first-order valence-electron chi connectivity index (χ1n) is 7.77. The molecule has 0 spiro atoms. The highest BCUT2D eigenvalue weighted by atomic mass is 16.5. The van der Waals surface area contributed by atoms with Gasteiger partial charge in [0, 0.05) is 51.1 Å². The minimum atomic E-state index is 0.702. The Morgan fingerprint density at radius 3 is 2.81 bits per heavy atom. The van der Waals surface area contributed by atoms with Crippen molar-refractivity contribution in [1.82, 2.24) is 15.2 Å². The van der Waals surface area contributed by atoms with Gasteiger partial charge in [-0.2, -0.15) is 0 Å². The predicted octanol–water partition coefficient (Wildman–Crippen LogP) is 1.35. The van der Waals surface area contributed by atoms with Gasteiger partial charge in [-0.25, -0.2) is 4.98 Å². The molecule has 0 bridgehead atoms. The highest BCUT2D eigenvalue weighted by Gasteiger charge is 2.22. The molecule has 2 heterocycles. The van der Waals surface area contributed by atoms with E-state index in [1.54, 1.807) is 7.11 Å². The molecule has 0 atom stereocenters. The second kappa shape index (κ2) is 8.32. The minimum Gasteiger partial charge on any atom is -0.383 e. The van der Waals surface area contributed by atoms with E-state index in [0.717, 1.165) is 38.6 Å². The fraction of sp³-hybridized carbons (Fsp3) is 0.688. The summed E-state index contributed by atoms with van der Waals surface area (Å²) in [6, 6.07) is 4.89. The SMILES string of the molecule is COCCNCc1cccnc1N1CCC(N(C)C)CC1. The summed E-state index contributed by atoms with van der Waals surface area (Å²) in [6.07, 6.45) is 4.31. The van der Waals surface area contributed by atoms with Gasteiger partial charge in [0.25, 0.3) is 0 Å². The van der Waals surface area contributed by atoms with Crippen LogP contribution in [0.1, 0.15) is 18.4 Å². The maximum Gasteiger partial charge on any atom is 0.133 e. The van der Waals surface area contributed by atoms with Gasteiger partial charge in [0.15, 0.2) is 0 Å². The Bertz CT molecular complexity index is 416. The lowest BCUT2D eigenvalue weighted by atomic mass is 10.0. The van der Waals surface area contributed by atoms with Gasteiger partial charge in [0.1, 0.15) is 5.82 Å². The van der Waals surface area contributed by atoms with Crippen LogP contribution >= 0.6 is 0 Å². The van der Waals surface area contributed by atoms with Crippen LogP contribution in [0.15, 0.2) is 18.3 Å². The summed E-state index contributed by atoms with van der Waals surface area (Å²) in [4.78, 5) is 9.37. The summed E-state index contributed by atoms with van der Waals surface area (Å²) >= 11 is 0. The average molecular weight is 292 g/mol. The van der Waals surface area contributed by atoms with Crippen molar-refractivity contribution in [2.75, 3.05) is 52.3 Å². The summed E-state index contributed by atoms with van der Waals surface area (Å²) < 4.78 is 5.07. The maximum absolute atomic E-state index is 5.07. The zero-order valence-corrected chi connectivity index (χ0v) is 13.5. The number of hydrogen-bond donors (Lipinski definition) is 1. The van der Waals surface area contributed by atoms with Crippen LogP contribution in [0.25, 0.3) is 0 Å². The largest absolute Gasteiger partial charge is 0.383 e. The summed E-state index contributed by atoms with van der Waals surface area (Å²) in [6.45, 7) is 4.63. The molecule has 0 radical (unpaired) electrons. The highest BCUT2D eigenvalue weighted by Crippen LogP contribution is 2.23. The Kier molecular flexibility index (Phi) is 6.42. The van der Waals surface area contributed by atoms with Crippen molar-refractivity contribution < 1.29 is 4.74 Å². The lowest BCUT2D eigenvalue weighted by Crippen LogP contribution is -2.42. The molecule has 1 aromatic heterocycles. The van der Waals surface area contributed by atoms with Crippen molar-refractivity contribution >= 4 is 5.82 Å². The average Bonchev–Trinajstić information content (AvgIpc) is 2.52. The molecular formula is C16H28N4O. The molecule has 0 aromatic carbocycles. The number of ether oxygens (including phenoxy) is 1. The van der Waals surface area contributed by atoms with Crippen molar-refractivity contribution in [2.45, 2.75) is 25.4 Å².